The molecular formula is C12H30O4Ti. The average molecular weight is 286 g/mol. The van der Waals surface area contributed by atoms with Crippen molar-refractivity contribution in [3.05, 3.63) is 12.3 Å². The van der Waals surface area contributed by atoms with Gasteiger partial charge in [0.05, 0.1) is 5.76 Å². The molecule has 0 atom stereocenters. The van der Waals surface area contributed by atoms with E-state index in [1.54, 1.807) is 41.5 Å². The summed E-state index contributed by atoms with van der Waals surface area (Å²) >= 11 is 0. The quantitative estimate of drug-likeness (QED) is 0.406. The van der Waals surface area contributed by atoms with Crippen LogP contribution in [0.1, 0.15) is 48.5 Å². The van der Waals surface area contributed by atoms with Gasteiger partial charge in [0.1, 0.15) is 0 Å². The van der Waals surface area contributed by atoms with Crippen molar-refractivity contribution in [3.8, 4) is 0 Å². The molecule has 0 saturated carbocycles. The molecule has 0 aromatic carbocycles. The van der Waals surface area contributed by atoms with Crippen molar-refractivity contribution >= 4 is 0 Å². The molecule has 106 valence electrons. The zero-order chi connectivity index (χ0) is 14.3. The minimum atomic E-state index is -0.167. The maximum absolute atomic E-state index is 8.06. The molecule has 0 unspecified atom stereocenters. The van der Waals surface area contributed by atoms with E-state index >= 15 is 0 Å². The van der Waals surface area contributed by atoms with Crippen LogP contribution in [0.5, 0.6) is 0 Å². The Labute approximate surface area is 121 Å². The van der Waals surface area contributed by atoms with E-state index in [4.69, 9.17) is 20.4 Å². The number of rotatable bonds is 0. The molecule has 0 amide bonds. The van der Waals surface area contributed by atoms with Crippen LogP contribution in [0.2, 0.25) is 0 Å². The average Bonchev–Trinajstić information content (AvgIpc) is 1.76. The van der Waals surface area contributed by atoms with Gasteiger partial charge < -0.3 is 20.4 Å². The van der Waals surface area contributed by atoms with Crippen LogP contribution in [0.3, 0.4) is 0 Å². The van der Waals surface area contributed by atoms with Gasteiger partial charge in [-0.3, -0.25) is 0 Å². The molecule has 0 heterocycles. The Morgan fingerprint density at radius 3 is 0.765 bits per heavy atom. The molecule has 0 radical (unpaired) electrons. The summed E-state index contributed by atoms with van der Waals surface area (Å²) in [6, 6.07) is 0. The van der Waals surface area contributed by atoms with Crippen LogP contribution < -0.4 is 0 Å². The van der Waals surface area contributed by atoms with Gasteiger partial charge in [-0.25, -0.2) is 0 Å². The van der Waals surface area contributed by atoms with Gasteiger partial charge in [0.15, 0.2) is 0 Å². The smallest absolute Gasteiger partial charge is 0.0820 e. The third kappa shape index (κ3) is 179000. The van der Waals surface area contributed by atoms with Crippen molar-refractivity contribution in [2.75, 3.05) is 0 Å². The molecule has 0 rings (SSSR count). The summed E-state index contributed by atoms with van der Waals surface area (Å²) in [4.78, 5) is 0. The minimum absolute atomic E-state index is 0. The second-order valence-electron chi connectivity index (χ2n) is 4.02. The van der Waals surface area contributed by atoms with E-state index in [0.717, 1.165) is 0 Å². The maximum Gasteiger partial charge on any atom is 0.0820 e. The van der Waals surface area contributed by atoms with Gasteiger partial charge >= 0.3 is 0 Å². The van der Waals surface area contributed by atoms with Gasteiger partial charge in [-0.1, -0.05) is 6.58 Å². The first-order chi connectivity index (χ1) is 6.93. The summed E-state index contributed by atoms with van der Waals surface area (Å²) < 4.78 is 0. The first-order valence-electron chi connectivity index (χ1n) is 5.32. The fourth-order valence-electron chi connectivity index (χ4n) is 0. The first kappa shape index (κ1) is 30.3. The van der Waals surface area contributed by atoms with E-state index in [0.29, 0.717) is 0 Å². The van der Waals surface area contributed by atoms with E-state index in [-0.39, 0.29) is 45.8 Å². The third-order valence-electron chi connectivity index (χ3n) is 0. The van der Waals surface area contributed by atoms with Crippen LogP contribution in [0.25, 0.3) is 0 Å². The fourth-order valence-corrected chi connectivity index (χ4v) is 0. The molecule has 4 N–H and O–H groups in total. The summed E-state index contributed by atoms with van der Waals surface area (Å²) in [6.07, 6.45) is -0.500. The largest absolute Gasteiger partial charge is 0.513 e. The predicted molar refractivity (Wildman–Crippen MR) is 69.5 cm³/mol. The van der Waals surface area contributed by atoms with Gasteiger partial charge in [-0.2, -0.15) is 0 Å². The molecule has 5 heteroatoms. The van der Waals surface area contributed by atoms with Crippen molar-refractivity contribution in [2.45, 2.75) is 66.8 Å². The number of hydrogen-bond donors (Lipinski definition) is 4. The normalized spacial score (nSPS) is 7.82. The molecule has 0 aromatic heterocycles. The zero-order valence-corrected chi connectivity index (χ0v) is 13.8. The topological polar surface area (TPSA) is 80.9 Å². The van der Waals surface area contributed by atoms with Crippen LogP contribution in [0.15, 0.2) is 12.3 Å². The van der Waals surface area contributed by atoms with Crippen LogP contribution in [0.4, 0.5) is 0 Å². The fraction of sp³-hybridized carbons (Fsp3) is 0.833. The van der Waals surface area contributed by atoms with E-state index in [9.17, 15) is 0 Å². The van der Waals surface area contributed by atoms with E-state index in [1.165, 1.54) is 6.92 Å². The summed E-state index contributed by atoms with van der Waals surface area (Å²) in [6.45, 7) is 15.0. The van der Waals surface area contributed by atoms with E-state index < -0.39 is 0 Å². The van der Waals surface area contributed by atoms with Crippen molar-refractivity contribution in [2.24, 2.45) is 0 Å². The number of aliphatic hydroxyl groups is 4. The molecule has 0 spiro atoms. The molecular weight excluding hydrogens is 256 g/mol. The summed E-state index contributed by atoms with van der Waals surface area (Å²) in [5.74, 6) is 0.167. The van der Waals surface area contributed by atoms with Crippen LogP contribution in [-0.2, 0) is 21.7 Å². The van der Waals surface area contributed by atoms with Gasteiger partial charge in [-0.05, 0) is 48.5 Å². The van der Waals surface area contributed by atoms with Crippen LogP contribution in [-0.4, -0.2) is 38.7 Å². The minimum Gasteiger partial charge on any atom is -0.513 e. The Morgan fingerprint density at radius 1 is 0.765 bits per heavy atom. The van der Waals surface area contributed by atoms with Crippen molar-refractivity contribution in [3.63, 3.8) is 0 Å². The number of aliphatic hydroxyl groups excluding tert-OH is 4. The summed E-state index contributed by atoms with van der Waals surface area (Å²) in [5, 5.41) is 32.0. The zero-order valence-electron chi connectivity index (χ0n) is 12.2. The van der Waals surface area contributed by atoms with Crippen LogP contribution in [0, 0.1) is 0 Å². The number of allylic oxidation sites excluding steroid dienone is 1. The van der Waals surface area contributed by atoms with Crippen molar-refractivity contribution in [1.82, 2.24) is 0 Å². The Hall–Kier alpha value is 0.134. The molecule has 0 bridgehead atoms. The first-order valence-corrected chi connectivity index (χ1v) is 5.32. The van der Waals surface area contributed by atoms with Gasteiger partial charge in [0.2, 0.25) is 0 Å². The molecule has 0 aromatic rings. The molecule has 0 fully saturated rings. The van der Waals surface area contributed by atoms with E-state index in [1.807, 2.05) is 0 Å². The second-order valence-corrected chi connectivity index (χ2v) is 4.02. The third-order valence-corrected chi connectivity index (χ3v) is 0. The summed E-state index contributed by atoms with van der Waals surface area (Å²) in [5.41, 5.74) is 0. The Kier molecular flexibility index (Phi) is 44.7. The Balaban J connectivity index is -0.0000000369. The maximum atomic E-state index is 8.06. The van der Waals surface area contributed by atoms with Crippen molar-refractivity contribution < 1.29 is 42.1 Å². The van der Waals surface area contributed by atoms with Gasteiger partial charge in [0.25, 0.3) is 0 Å². The van der Waals surface area contributed by atoms with Crippen molar-refractivity contribution in [1.29, 1.82) is 0 Å². The standard InChI is InChI=1S/3C3H8O.C3H6O.Ti/c4*1-3(2)4;/h3*3-4H,1-2H3;4H,1H2,2H3;. The van der Waals surface area contributed by atoms with Gasteiger partial charge in [-0.15, -0.1) is 0 Å². The van der Waals surface area contributed by atoms with E-state index in [2.05, 4.69) is 6.58 Å². The molecule has 0 aliphatic carbocycles. The molecule has 0 aliphatic heterocycles. The second kappa shape index (κ2) is 25.1. The summed E-state index contributed by atoms with van der Waals surface area (Å²) in [7, 11) is 0. The Bertz CT molecular complexity index is 99.1. The molecule has 0 aliphatic rings. The molecule has 4 nitrogen and oxygen atoms in total. The Morgan fingerprint density at radius 2 is 0.765 bits per heavy atom. The molecule has 0 saturated heterocycles. The monoisotopic (exact) mass is 286 g/mol. The SMILES string of the molecule is C=C(C)O.CC(C)O.CC(C)O.CC(C)O.[Ti]. The molecule has 17 heavy (non-hydrogen) atoms. The predicted octanol–water partition coefficient (Wildman–Crippen LogP) is 2.24. The number of hydrogen-bond acceptors (Lipinski definition) is 4. The van der Waals surface area contributed by atoms with Gasteiger partial charge in [0, 0.05) is 40.0 Å². The van der Waals surface area contributed by atoms with Crippen LogP contribution >= 0.6 is 0 Å².